The van der Waals surface area contributed by atoms with Gasteiger partial charge in [-0.05, 0) is 53.1 Å². The van der Waals surface area contributed by atoms with Gasteiger partial charge in [0, 0.05) is 77.3 Å². The predicted octanol–water partition coefficient (Wildman–Crippen LogP) is 2.28. The molecular weight excluding hydrogens is 503 g/mol. The van der Waals surface area contributed by atoms with Crippen molar-refractivity contribution in [2.24, 2.45) is 4.99 Å². The molecule has 0 bridgehead atoms. The maximum atomic E-state index is 4.35. The van der Waals surface area contributed by atoms with Crippen LogP contribution in [-0.2, 0) is 0 Å². The molecule has 2 N–H and O–H groups in total. The van der Waals surface area contributed by atoms with E-state index in [4.69, 9.17) is 0 Å². The molecule has 2 heterocycles. The van der Waals surface area contributed by atoms with Gasteiger partial charge in [0.1, 0.15) is 0 Å². The molecule has 9 heteroatoms. The Hall–Kier alpha value is -1.20. The average molecular weight is 547 g/mol. The Morgan fingerprint density at radius 3 is 2.13 bits per heavy atom. The number of hydrogen-bond donors (Lipinski definition) is 2. The highest BCUT2D eigenvalue weighted by atomic mass is 127. The minimum Gasteiger partial charge on any atom is -0.356 e. The molecule has 31 heavy (non-hydrogen) atoms. The van der Waals surface area contributed by atoms with Crippen LogP contribution < -0.4 is 15.5 Å². The van der Waals surface area contributed by atoms with Crippen LogP contribution in [0.3, 0.4) is 0 Å². The summed E-state index contributed by atoms with van der Waals surface area (Å²) in [7, 11) is 1.84. The molecule has 0 unspecified atom stereocenters. The smallest absolute Gasteiger partial charge is 0.225 e. The molecule has 0 spiro atoms. The monoisotopic (exact) mass is 546 g/mol. The first-order valence-corrected chi connectivity index (χ1v) is 11.5. The molecule has 1 saturated heterocycles. The summed E-state index contributed by atoms with van der Waals surface area (Å²) in [5.74, 6) is 1.75. The maximum Gasteiger partial charge on any atom is 0.225 e. The van der Waals surface area contributed by atoms with Gasteiger partial charge in [-0.3, -0.25) is 14.8 Å². The molecule has 1 fully saturated rings. The van der Waals surface area contributed by atoms with Gasteiger partial charge >= 0.3 is 0 Å². The molecule has 0 saturated carbocycles. The normalized spacial score (nSPS) is 15.5. The predicted molar refractivity (Wildman–Crippen MR) is 142 cm³/mol. The summed E-state index contributed by atoms with van der Waals surface area (Å²) in [6.07, 6.45) is 5.85. The van der Waals surface area contributed by atoms with E-state index in [1.54, 1.807) is 0 Å². The second-order valence-electron chi connectivity index (χ2n) is 8.44. The summed E-state index contributed by atoms with van der Waals surface area (Å²) >= 11 is 0. The third-order valence-electron chi connectivity index (χ3n) is 5.59. The van der Waals surface area contributed by atoms with E-state index >= 15 is 0 Å². The number of rotatable bonds is 11. The Kier molecular flexibility index (Phi) is 14.0. The zero-order chi connectivity index (χ0) is 21.8. The quantitative estimate of drug-likeness (QED) is 0.191. The maximum absolute atomic E-state index is 4.35. The third-order valence-corrected chi connectivity index (χ3v) is 5.59. The van der Waals surface area contributed by atoms with Gasteiger partial charge in [-0.15, -0.1) is 24.0 Å². The van der Waals surface area contributed by atoms with Crippen LogP contribution in [0.2, 0.25) is 0 Å². The zero-order valence-corrected chi connectivity index (χ0v) is 22.4. The fourth-order valence-electron chi connectivity index (χ4n) is 3.94. The third kappa shape index (κ3) is 10.3. The highest BCUT2D eigenvalue weighted by molar-refractivity contribution is 14.0. The van der Waals surface area contributed by atoms with E-state index in [2.05, 4.69) is 68.0 Å². The van der Waals surface area contributed by atoms with Crippen LogP contribution >= 0.6 is 24.0 Å². The van der Waals surface area contributed by atoms with Gasteiger partial charge < -0.3 is 15.5 Å². The molecule has 0 aliphatic carbocycles. The van der Waals surface area contributed by atoms with E-state index in [9.17, 15) is 0 Å². The van der Waals surface area contributed by atoms with Gasteiger partial charge in [0.2, 0.25) is 5.95 Å². The van der Waals surface area contributed by atoms with Gasteiger partial charge in [-0.25, -0.2) is 9.97 Å². The summed E-state index contributed by atoms with van der Waals surface area (Å²) in [5.41, 5.74) is 0. The Labute approximate surface area is 206 Å². The van der Waals surface area contributed by atoms with Crippen molar-refractivity contribution in [3.8, 4) is 0 Å². The minimum absolute atomic E-state index is 0. The van der Waals surface area contributed by atoms with Gasteiger partial charge in [-0.1, -0.05) is 0 Å². The highest BCUT2D eigenvalue weighted by Crippen LogP contribution is 2.09. The molecule has 0 aromatic carbocycles. The van der Waals surface area contributed by atoms with E-state index < -0.39 is 0 Å². The van der Waals surface area contributed by atoms with Crippen LogP contribution in [0.4, 0.5) is 5.95 Å². The number of guanidine groups is 1. The van der Waals surface area contributed by atoms with E-state index in [0.29, 0.717) is 12.1 Å². The second kappa shape index (κ2) is 15.6. The number of halogens is 1. The SMILES string of the molecule is CN=C(NCCCN1CCN(c2ncccn2)CC1)NCCCN(C(C)C)C(C)C.I. The van der Waals surface area contributed by atoms with Crippen molar-refractivity contribution < 1.29 is 0 Å². The number of aromatic nitrogens is 2. The van der Waals surface area contributed by atoms with Crippen LogP contribution in [0.5, 0.6) is 0 Å². The summed E-state index contributed by atoms with van der Waals surface area (Å²) in [4.78, 5) is 20.4. The largest absolute Gasteiger partial charge is 0.356 e. The number of aliphatic imine (C=N–C) groups is 1. The van der Waals surface area contributed by atoms with Gasteiger partial charge in [0.05, 0.1) is 0 Å². The second-order valence-corrected chi connectivity index (χ2v) is 8.44. The molecule has 1 aliphatic heterocycles. The van der Waals surface area contributed by atoms with Crippen LogP contribution in [0.15, 0.2) is 23.5 Å². The lowest BCUT2D eigenvalue weighted by Crippen LogP contribution is -2.47. The molecule has 0 radical (unpaired) electrons. The summed E-state index contributed by atoms with van der Waals surface area (Å²) in [6, 6.07) is 3.04. The van der Waals surface area contributed by atoms with Gasteiger partial charge in [0.25, 0.3) is 0 Å². The molecule has 1 aromatic rings. The molecule has 178 valence electrons. The van der Waals surface area contributed by atoms with Crippen molar-refractivity contribution >= 4 is 35.9 Å². The Balaban J connectivity index is 0.00000480. The van der Waals surface area contributed by atoms with Crippen LogP contribution in [-0.4, -0.2) is 97.2 Å². The lowest BCUT2D eigenvalue weighted by atomic mass is 10.2. The van der Waals surface area contributed by atoms with Crippen molar-refractivity contribution in [3.05, 3.63) is 18.5 Å². The Morgan fingerprint density at radius 2 is 1.58 bits per heavy atom. The molecule has 2 rings (SSSR count). The molecule has 8 nitrogen and oxygen atoms in total. The van der Waals surface area contributed by atoms with Crippen molar-refractivity contribution in [2.75, 3.05) is 64.3 Å². The van der Waals surface area contributed by atoms with Crippen LogP contribution in [0, 0.1) is 0 Å². The Morgan fingerprint density at radius 1 is 1.00 bits per heavy atom. The lowest BCUT2D eigenvalue weighted by Gasteiger charge is -2.34. The molecule has 0 atom stereocenters. The Bertz CT molecular complexity index is 595. The first-order valence-electron chi connectivity index (χ1n) is 11.5. The van der Waals surface area contributed by atoms with Crippen LogP contribution in [0.25, 0.3) is 0 Å². The number of nitrogens with zero attached hydrogens (tertiary/aromatic N) is 6. The number of hydrogen-bond acceptors (Lipinski definition) is 6. The zero-order valence-electron chi connectivity index (χ0n) is 20.0. The summed E-state index contributed by atoms with van der Waals surface area (Å²) < 4.78 is 0. The van der Waals surface area contributed by atoms with Crippen molar-refractivity contribution in [2.45, 2.75) is 52.6 Å². The van der Waals surface area contributed by atoms with Crippen molar-refractivity contribution in [1.82, 2.24) is 30.4 Å². The molecule has 1 aliphatic rings. The van der Waals surface area contributed by atoms with Crippen molar-refractivity contribution in [3.63, 3.8) is 0 Å². The van der Waals surface area contributed by atoms with Crippen molar-refractivity contribution in [1.29, 1.82) is 0 Å². The number of nitrogens with one attached hydrogen (secondary N) is 2. The minimum atomic E-state index is 0. The van der Waals surface area contributed by atoms with Gasteiger partial charge in [-0.2, -0.15) is 0 Å². The average Bonchev–Trinajstić information content (AvgIpc) is 2.75. The fraction of sp³-hybridized carbons (Fsp3) is 0.773. The van der Waals surface area contributed by atoms with E-state index in [-0.39, 0.29) is 24.0 Å². The summed E-state index contributed by atoms with van der Waals surface area (Å²) in [5, 5.41) is 6.89. The van der Waals surface area contributed by atoms with E-state index in [1.807, 2.05) is 25.5 Å². The van der Waals surface area contributed by atoms with Gasteiger partial charge in [0.15, 0.2) is 5.96 Å². The molecular formula is C22H43IN8. The topological polar surface area (TPSA) is 71.9 Å². The molecule has 0 amide bonds. The standard InChI is InChI=1S/C22H42N8.HI/c1-19(2)30(20(3)4)14-8-12-25-21(23-5)24-11-7-13-28-15-17-29(18-16-28)22-26-9-6-10-27-22;/h6,9-10,19-20H,7-8,11-18H2,1-5H3,(H2,23,24,25);1H. The first kappa shape index (κ1) is 27.8. The van der Waals surface area contributed by atoms with E-state index in [1.165, 1.54) is 0 Å². The summed E-state index contributed by atoms with van der Waals surface area (Å²) in [6.45, 7) is 17.3. The number of piperazine rings is 1. The highest BCUT2D eigenvalue weighted by Gasteiger charge is 2.18. The lowest BCUT2D eigenvalue weighted by molar-refractivity contribution is 0.173. The number of anilines is 1. The van der Waals surface area contributed by atoms with Crippen LogP contribution in [0.1, 0.15) is 40.5 Å². The van der Waals surface area contributed by atoms with E-state index in [0.717, 1.165) is 77.1 Å². The first-order chi connectivity index (χ1) is 14.5. The fourth-order valence-corrected chi connectivity index (χ4v) is 3.94. The molecule has 1 aromatic heterocycles.